The molecule has 0 spiro atoms. The number of nitrogens with one attached hydrogen (secondary N) is 1. The second kappa shape index (κ2) is 6.96. The van der Waals surface area contributed by atoms with Crippen molar-refractivity contribution in [1.82, 2.24) is 14.7 Å². The molecule has 1 amide bonds. The summed E-state index contributed by atoms with van der Waals surface area (Å²) in [5.41, 5.74) is 2.98. The van der Waals surface area contributed by atoms with Crippen LogP contribution in [0.25, 0.3) is 11.7 Å². The monoisotopic (exact) mass is 336 g/mol. The van der Waals surface area contributed by atoms with Crippen molar-refractivity contribution in [2.45, 2.75) is 13.5 Å². The summed E-state index contributed by atoms with van der Waals surface area (Å²) in [5.74, 6) is -0.341. The van der Waals surface area contributed by atoms with E-state index in [4.69, 9.17) is 0 Å². The molecule has 2 heterocycles. The van der Waals surface area contributed by atoms with Gasteiger partial charge in [0.15, 0.2) is 0 Å². The lowest BCUT2D eigenvalue weighted by Crippen LogP contribution is -2.20. The van der Waals surface area contributed by atoms with Crippen LogP contribution in [0.1, 0.15) is 16.8 Å². The zero-order valence-corrected chi connectivity index (χ0v) is 13.5. The van der Waals surface area contributed by atoms with Crippen molar-refractivity contribution < 1.29 is 9.72 Å². The standard InChI is InChI=1S/C18H16N4O3/c1-13-5-4-10-21-12-15(20-18(13)21)11-19-17(23)9-8-14-6-2-3-7-16(14)22(24)25/h2-10,12H,11H2,1H3,(H,19,23). The number of nitro groups is 1. The Balaban J connectivity index is 1.66. The molecular weight excluding hydrogens is 320 g/mol. The Morgan fingerprint density at radius 1 is 1.32 bits per heavy atom. The smallest absolute Gasteiger partial charge is 0.276 e. The van der Waals surface area contributed by atoms with Gasteiger partial charge in [0, 0.05) is 24.5 Å². The Morgan fingerprint density at radius 3 is 2.88 bits per heavy atom. The van der Waals surface area contributed by atoms with Gasteiger partial charge in [-0.15, -0.1) is 0 Å². The summed E-state index contributed by atoms with van der Waals surface area (Å²) in [4.78, 5) is 26.9. The van der Waals surface area contributed by atoms with E-state index >= 15 is 0 Å². The van der Waals surface area contributed by atoms with Crippen LogP contribution in [0.2, 0.25) is 0 Å². The van der Waals surface area contributed by atoms with Gasteiger partial charge in [0.25, 0.3) is 5.69 Å². The van der Waals surface area contributed by atoms with E-state index in [1.165, 1.54) is 18.2 Å². The van der Waals surface area contributed by atoms with Crippen molar-refractivity contribution in [3.63, 3.8) is 0 Å². The molecule has 2 aromatic heterocycles. The van der Waals surface area contributed by atoms with Crippen LogP contribution in [0.3, 0.4) is 0 Å². The quantitative estimate of drug-likeness (QED) is 0.441. The number of aryl methyl sites for hydroxylation is 1. The van der Waals surface area contributed by atoms with Gasteiger partial charge in [-0.05, 0) is 30.7 Å². The fraction of sp³-hybridized carbons (Fsp3) is 0.111. The number of para-hydroxylation sites is 1. The van der Waals surface area contributed by atoms with E-state index in [-0.39, 0.29) is 18.1 Å². The largest absolute Gasteiger partial charge is 0.347 e. The van der Waals surface area contributed by atoms with Crippen molar-refractivity contribution in [3.05, 3.63) is 81.8 Å². The molecule has 1 N–H and O–H groups in total. The summed E-state index contributed by atoms with van der Waals surface area (Å²) in [6.07, 6.45) is 6.47. The summed E-state index contributed by atoms with van der Waals surface area (Å²) in [6, 6.07) is 10.2. The highest BCUT2D eigenvalue weighted by Gasteiger charge is 2.10. The van der Waals surface area contributed by atoms with Crippen LogP contribution < -0.4 is 5.32 Å². The minimum Gasteiger partial charge on any atom is -0.347 e. The summed E-state index contributed by atoms with van der Waals surface area (Å²) in [5, 5.41) is 13.7. The van der Waals surface area contributed by atoms with Gasteiger partial charge in [-0.1, -0.05) is 18.2 Å². The molecule has 0 aliphatic rings. The van der Waals surface area contributed by atoms with Crippen molar-refractivity contribution in [2.75, 3.05) is 0 Å². The Labute approximate surface area is 143 Å². The van der Waals surface area contributed by atoms with Gasteiger partial charge in [0.2, 0.25) is 5.91 Å². The van der Waals surface area contributed by atoms with E-state index in [0.717, 1.165) is 16.9 Å². The molecular formula is C18H16N4O3. The fourth-order valence-electron chi connectivity index (χ4n) is 2.49. The first kappa shape index (κ1) is 16.4. The summed E-state index contributed by atoms with van der Waals surface area (Å²) < 4.78 is 1.90. The number of rotatable bonds is 5. The van der Waals surface area contributed by atoms with Crippen molar-refractivity contribution in [2.24, 2.45) is 0 Å². The van der Waals surface area contributed by atoms with E-state index in [0.29, 0.717) is 5.56 Å². The van der Waals surface area contributed by atoms with Gasteiger partial charge in [0.1, 0.15) is 5.65 Å². The van der Waals surface area contributed by atoms with Gasteiger partial charge in [0.05, 0.1) is 22.7 Å². The van der Waals surface area contributed by atoms with Crippen LogP contribution in [0.5, 0.6) is 0 Å². The van der Waals surface area contributed by atoms with Crippen molar-refractivity contribution in [3.8, 4) is 0 Å². The minimum absolute atomic E-state index is 0.0395. The number of hydrogen-bond donors (Lipinski definition) is 1. The molecule has 0 fully saturated rings. The SMILES string of the molecule is Cc1cccn2cc(CNC(=O)C=Cc3ccccc3[N+](=O)[O-])nc12. The number of carbonyl (C=O) groups is 1. The maximum Gasteiger partial charge on any atom is 0.276 e. The fourth-order valence-corrected chi connectivity index (χ4v) is 2.49. The number of nitrogens with zero attached hydrogens (tertiary/aromatic N) is 3. The number of benzene rings is 1. The van der Waals surface area contributed by atoms with Crippen molar-refractivity contribution >= 4 is 23.3 Å². The number of fused-ring (bicyclic) bond motifs is 1. The van der Waals surface area contributed by atoms with Gasteiger partial charge in [-0.2, -0.15) is 0 Å². The van der Waals surface area contributed by atoms with Crippen LogP contribution >= 0.6 is 0 Å². The number of carbonyl (C=O) groups excluding carboxylic acids is 1. The lowest BCUT2D eigenvalue weighted by Gasteiger charge is -1.99. The molecule has 0 bridgehead atoms. The highest BCUT2D eigenvalue weighted by Crippen LogP contribution is 2.18. The third-order valence-electron chi connectivity index (χ3n) is 3.72. The number of aromatic nitrogens is 2. The molecule has 126 valence electrons. The summed E-state index contributed by atoms with van der Waals surface area (Å²) in [6.45, 7) is 2.25. The van der Waals surface area contributed by atoms with Gasteiger partial charge >= 0.3 is 0 Å². The molecule has 7 nitrogen and oxygen atoms in total. The van der Waals surface area contributed by atoms with Crippen LogP contribution in [0.4, 0.5) is 5.69 Å². The van der Waals surface area contributed by atoms with Crippen molar-refractivity contribution in [1.29, 1.82) is 0 Å². The normalized spacial score (nSPS) is 11.1. The second-order valence-corrected chi connectivity index (χ2v) is 5.52. The first-order valence-electron chi connectivity index (χ1n) is 7.67. The molecule has 0 unspecified atom stereocenters. The minimum atomic E-state index is -0.476. The van der Waals surface area contributed by atoms with E-state index in [9.17, 15) is 14.9 Å². The van der Waals surface area contributed by atoms with E-state index < -0.39 is 4.92 Å². The number of nitro benzene ring substituents is 1. The number of imidazole rings is 1. The highest BCUT2D eigenvalue weighted by molar-refractivity contribution is 5.92. The van der Waals surface area contributed by atoms with E-state index in [1.807, 2.05) is 35.9 Å². The number of pyridine rings is 1. The maximum atomic E-state index is 12.0. The molecule has 0 radical (unpaired) electrons. The van der Waals surface area contributed by atoms with Crippen LogP contribution in [0, 0.1) is 17.0 Å². The summed E-state index contributed by atoms with van der Waals surface area (Å²) in [7, 11) is 0. The molecule has 0 atom stereocenters. The van der Waals surface area contributed by atoms with Crippen LogP contribution in [0.15, 0.2) is 54.9 Å². The highest BCUT2D eigenvalue weighted by atomic mass is 16.6. The molecule has 0 aliphatic heterocycles. The topological polar surface area (TPSA) is 89.5 Å². The molecule has 0 saturated heterocycles. The van der Waals surface area contributed by atoms with E-state index in [2.05, 4.69) is 10.3 Å². The van der Waals surface area contributed by atoms with Gasteiger partial charge in [-0.25, -0.2) is 4.98 Å². The third-order valence-corrected chi connectivity index (χ3v) is 3.72. The summed E-state index contributed by atoms with van der Waals surface area (Å²) >= 11 is 0. The second-order valence-electron chi connectivity index (χ2n) is 5.52. The Morgan fingerprint density at radius 2 is 2.12 bits per heavy atom. The predicted molar refractivity (Wildman–Crippen MR) is 93.9 cm³/mol. The van der Waals surface area contributed by atoms with Gasteiger partial charge in [-0.3, -0.25) is 14.9 Å². The van der Waals surface area contributed by atoms with E-state index in [1.54, 1.807) is 18.2 Å². The average molecular weight is 336 g/mol. The first-order valence-corrected chi connectivity index (χ1v) is 7.67. The molecule has 3 aromatic rings. The molecule has 25 heavy (non-hydrogen) atoms. The first-order chi connectivity index (χ1) is 12.0. The molecule has 3 rings (SSSR count). The zero-order chi connectivity index (χ0) is 17.8. The lowest BCUT2D eigenvalue weighted by atomic mass is 10.1. The lowest BCUT2D eigenvalue weighted by molar-refractivity contribution is -0.385. The third kappa shape index (κ3) is 3.72. The van der Waals surface area contributed by atoms with Crippen LogP contribution in [-0.2, 0) is 11.3 Å². The zero-order valence-electron chi connectivity index (χ0n) is 13.5. The predicted octanol–water partition coefficient (Wildman–Crippen LogP) is 2.88. The Kier molecular flexibility index (Phi) is 4.56. The van der Waals surface area contributed by atoms with Crippen LogP contribution in [-0.4, -0.2) is 20.2 Å². The Bertz CT molecular complexity index is 975. The maximum absolute atomic E-state index is 12.0. The molecule has 0 aliphatic carbocycles. The molecule has 0 saturated carbocycles. The molecule has 7 heteroatoms. The van der Waals surface area contributed by atoms with Gasteiger partial charge < -0.3 is 9.72 Å². The number of amides is 1. The average Bonchev–Trinajstić information content (AvgIpc) is 3.03. The molecule has 1 aromatic carbocycles. The number of hydrogen-bond acceptors (Lipinski definition) is 4. The Hall–Kier alpha value is -3.48.